The molecule has 2 aromatic carbocycles. The SMILES string of the molecule is Cc1cccc(NC(=O)CNC(=O)CN[C@@H](C)c2ccc(F)c(F)c2)c1C. The van der Waals surface area contributed by atoms with E-state index in [1.165, 1.54) is 6.07 Å². The van der Waals surface area contributed by atoms with Crippen LogP contribution in [0.2, 0.25) is 0 Å². The van der Waals surface area contributed by atoms with Gasteiger partial charge in [-0.1, -0.05) is 18.2 Å². The van der Waals surface area contributed by atoms with Gasteiger partial charge in [-0.2, -0.15) is 0 Å². The molecular formula is C20H23F2N3O2. The Bertz CT molecular complexity index is 840. The number of carbonyl (C=O) groups is 2. The number of nitrogens with one attached hydrogen (secondary N) is 3. The Kier molecular flexibility index (Phi) is 7.01. The van der Waals surface area contributed by atoms with E-state index in [-0.39, 0.29) is 30.9 Å². The van der Waals surface area contributed by atoms with E-state index in [0.29, 0.717) is 11.3 Å². The van der Waals surface area contributed by atoms with Gasteiger partial charge in [-0.3, -0.25) is 9.59 Å². The molecule has 0 aliphatic rings. The summed E-state index contributed by atoms with van der Waals surface area (Å²) in [6, 6.07) is 8.82. The van der Waals surface area contributed by atoms with Crippen molar-refractivity contribution in [2.45, 2.75) is 26.8 Å². The monoisotopic (exact) mass is 375 g/mol. The van der Waals surface area contributed by atoms with Crippen LogP contribution in [0.3, 0.4) is 0 Å². The Morgan fingerprint density at radius 1 is 1.00 bits per heavy atom. The van der Waals surface area contributed by atoms with Crippen LogP contribution in [0, 0.1) is 25.5 Å². The zero-order chi connectivity index (χ0) is 20.0. The Labute approximate surface area is 157 Å². The molecule has 0 aliphatic heterocycles. The zero-order valence-corrected chi connectivity index (χ0v) is 15.5. The van der Waals surface area contributed by atoms with E-state index >= 15 is 0 Å². The summed E-state index contributed by atoms with van der Waals surface area (Å²) in [5.74, 6) is -2.56. The molecule has 0 saturated carbocycles. The first-order chi connectivity index (χ1) is 12.8. The lowest BCUT2D eigenvalue weighted by atomic mass is 10.1. The quantitative estimate of drug-likeness (QED) is 0.697. The molecule has 2 rings (SSSR count). The van der Waals surface area contributed by atoms with Gasteiger partial charge in [-0.05, 0) is 55.7 Å². The summed E-state index contributed by atoms with van der Waals surface area (Å²) in [6.45, 7) is 5.37. The summed E-state index contributed by atoms with van der Waals surface area (Å²) in [7, 11) is 0. The first kappa shape index (κ1) is 20.5. The highest BCUT2D eigenvalue weighted by Gasteiger charge is 2.12. The minimum Gasteiger partial charge on any atom is -0.346 e. The molecule has 144 valence electrons. The molecule has 0 aliphatic carbocycles. The van der Waals surface area contributed by atoms with Crippen LogP contribution in [-0.4, -0.2) is 24.9 Å². The highest BCUT2D eigenvalue weighted by Crippen LogP contribution is 2.17. The van der Waals surface area contributed by atoms with E-state index in [9.17, 15) is 18.4 Å². The van der Waals surface area contributed by atoms with Crippen LogP contribution in [0.15, 0.2) is 36.4 Å². The van der Waals surface area contributed by atoms with Gasteiger partial charge in [0.2, 0.25) is 11.8 Å². The minimum atomic E-state index is -0.936. The third-order valence-electron chi connectivity index (χ3n) is 4.34. The molecule has 0 spiro atoms. The largest absolute Gasteiger partial charge is 0.346 e. The molecule has 7 heteroatoms. The normalized spacial score (nSPS) is 11.7. The second-order valence-corrected chi connectivity index (χ2v) is 6.35. The molecule has 3 N–H and O–H groups in total. The average molecular weight is 375 g/mol. The van der Waals surface area contributed by atoms with E-state index in [0.717, 1.165) is 23.3 Å². The van der Waals surface area contributed by atoms with Crippen LogP contribution in [0.25, 0.3) is 0 Å². The van der Waals surface area contributed by atoms with Crippen molar-refractivity contribution in [1.82, 2.24) is 10.6 Å². The summed E-state index contributed by atoms with van der Waals surface area (Å²) < 4.78 is 26.2. The van der Waals surface area contributed by atoms with Crippen molar-refractivity contribution < 1.29 is 18.4 Å². The van der Waals surface area contributed by atoms with E-state index < -0.39 is 11.6 Å². The number of benzene rings is 2. The fourth-order valence-corrected chi connectivity index (χ4v) is 2.47. The van der Waals surface area contributed by atoms with E-state index in [4.69, 9.17) is 0 Å². The van der Waals surface area contributed by atoms with Crippen molar-refractivity contribution in [3.8, 4) is 0 Å². The van der Waals surface area contributed by atoms with Crippen LogP contribution in [0.4, 0.5) is 14.5 Å². The number of hydrogen-bond acceptors (Lipinski definition) is 3. The standard InChI is InChI=1S/C20H23F2N3O2/c1-12-5-4-6-18(13(12)2)25-20(27)11-24-19(26)10-23-14(3)15-7-8-16(21)17(22)9-15/h4-9,14,23H,10-11H2,1-3H3,(H,24,26)(H,25,27)/t14-/m0/s1. The van der Waals surface area contributed by atoms with E-state index in [1.54, 1.807) is 13.0 Å². The number of halogens is 2. The third kappa shape index (κ3) is 5.86. The van der Waals surface area contributed by atoms with Gasteiger partial charge in [-0.25, -0.2) is 8.78 Å². The predicted octanol–water partition coefficient (Wildman–Crippen LogP) is 2.99. The molecule has 0 radical (unpaired) electrons. The third-order valence-corrected chi connectivity index (χ3v) is 4.34. The van der Waals surface area contributed by atoms with Gasteiger partial charge in [0.15, 0.2) is 11.6 Å². The Balaban J connectivity index is 1.77. The van der Waals surface area contributed by atoms with Crippen molar-refractivity contribution >= 4 is 17.5 Å². The second kappa shape index (κ2) is 9.23. The molecule has 27 heavy (non-hydrogen) atoms. The molecule has 5 nitrogen and oxygen atoms in total. The first-order valence-corrected chi connectivity index (χ1v) is 8.59. The maximum absolute atomic E-state index is 13.3. The van der Waals surface area contributed by atoms with Crippen molar-refractivity contribution in [3.63, 3.8) is 0 Å². The maximum atomic E-state index is 13.3. The Hall–Kier alpha value is -2.80. The van der Waals surface area contributed by atoms with Crippen LogP contribution >= 0.6 is 0 Å². The lowest BCUT2D eigenvalue weighted by Gasteiger charge is -2.15. The molecule has 0 saturated heterocycles. The fourth-order valence-electron chi connectivity index (χ4n) is 2.47. The number of amides is 2. The highest BCUT2D eigenvalue weighted by molar-refractivity contribution is 5.95. The molecule has 2 amide bonds. The smallest absolute Gasteiger partial charge is 0.243 e. The van der Waals surface area contributed by atoms with Gasteiger partial charge in [0.25, 0.3) is 0 Å². The number of carbonyl (C=O) groups excluding carboxylic acids is 2. The first-order valence-electron chi connectivity index (χ1n) is 8.59. The fraction of sp³-hybridized carbons (Fsp3) is 0.300. The van der Waals surface area contributed by atoms with Crippen molar-refractivity contribution in [1.29, 1.82) is 0 Å². The topological polar surface area (TPSA) is 70.2 Å². The van der Waals surface area contributed by atoms with Crippen LogP contribution < -0.4 is 16.0 Å². The molecular weight excluding hydrogens is 352 g/mol. The zero-order valence-electron chi connectivity index (χ0n) is 15.5. The van der Waals surface area contributed by atoms with Gasteiger partial charge in [-0.15, -0.1) is 0 Å². The number of hydrogen-bond donors (Lipinski definition) is 3. The highest BCUT2D eigenvalue weighted by atomic mass is 19.2. The molecule has 2 aromatic rings. The Morgan fingerprint density at radius 2 is 1.74 bits per heavy atom. The predicted molar refractivity (Wildman–Crippen MR) is 100 cm³/mol. The minimum absolute atomic E-state index is 0.0586. The van der Waals surface area contributed by atoms with E-state index in [2.05, 4.69) is 16.0 Å². The summed E-state index contributed by atoms with van der Waals surface area (Å²) in [5.41, 5.74) is 3.26. The summed E-state index contributed by atoms with van der Waals surface area (Å²) >= 11 is 0. The second-order valence-electron chi connectivity index (χ2n) is 6.35. The lowest BCUT2D eigenvalue weighted by Crippen LogP contribution is -2.39. The molecule has 0 aromatic heterocycles. The van der Waals surface area contributed by atoms with Crippen LogP contribution in [-0.2, 0) is 9.59 Å². The summed E-state index contributed by atoms with van der Waals surface area (Å²) in [5, 5.41) is 8.18. The number of rotatable bonds is 7. The molecule has 0 unspecified atom stereocenters. The van der Waals surface area contributed by atoms with Gasteiger partial charge < -0.3 is 16.0 Å². The van der Waals surface area contributed by atoms with Crippen molar-refractivity contribution in [2.24, 2.45) is 0 Å². The van der Waals surface area contributed by atoms with Gasteiger partial charge in [0.1, 0.15) is 0 Å². The van der Waals surface area contributed by atoms with Crippen molar-refractivity contribution in [3.05, 3.63) is 64.7 Å². The number of anilines is 1. The van der Waals surface area contributed by atoms with Crippen LogP contribution in [0.5, 0.6) is 0 Å². The summed E-state index contributed by atoms with van der Waals surface area (Å²) in [4.78, 5) is 23.9. The molecule has 0 heterocycles. The van der Waals surface area contributed by atoms with Gasteiger partial charge in [0, 0.05) is 11.7 Å². The molecule has 0 fully saturated rings. The van der Waals surface area contributed by atoms with Gasteiger partial charge >= 0.3 is 0 Å². The lowest BCUT2D eigenvalue weighted by molar-refractivity contribution is -0.123. The Morgan fingerprint density at radius 3 is 2.44 bits per heavy atom. The molecule has 0 bridgehead atoms. The van der Waals surface area contributed by atoms with E-state index in [1.807, 2.05) is 26.0 Å². The average Bonchev–Trinajstić information content (AvgIpc) is 2.64. The summed E-state index contributed by atoms with van der Waals surface area (Å²) in [6.07, 6.45) is 0. The molecule has 1 atom stereocenters. The van der Waals surface area contributed by atoms with Gasteiger partial charge in [0.05, 0.1) is 13.1 Å². The number of aryl methyl sites for hydroxylation is 1. The van der Waals surface area contributed by atoms with Crippen molar-refractivity contribution in [2.75, 3.05) is 18.4 Å². The van der Waals surface area contributed by atoms with Crippen LogP contribution in [0.1, 0.15) is 29.7 Å². The maximum Gasteiger partial charge on any atom is 0.243 e.